The lowest BCUT2D eigenvalue weighted by atomic mass is 9.81. The first-order valence-corrected chi connectivity index (χ1v) is 14.0. The van der Waals surface area contributed by atoms with E-state index in [1.807, 2.05) is 25.7 Å². The van der Waals surface area contributed by atoms with Crippen molar-refractivity contribution in [2.24, 2.45) is 12.5 Å². The van der Waals surface area contributed by atoms with Gasteiger partial charge < -0.3 is 9.64 Å². The van der Waals surface area contributed by atoms with Gasteiger partial charge in [-0.05, 0) is 46.2 Å². The number of sulfonamides is 1. The summed E-state index contributed by atoms with van der Waals surface area (Å²) in [6.45, 7) is 7.72. The monoisotopic (exact) mass is 581 g/mol. The molecular weight excluding hydrogens is 551 g/mol. The number of rotatable bonds is 4. The van der Waals surface area contributed by atoms with Crippen LogP contribution in [0.3, 0.4) is 0 Å². The first kappa shape index (κ1) is 27.9. The van der Waals surface area contributed by atoms with Crippen LogP contribution in [-0.4, -0.2) is 63.7 Å². The lowest BCUT2D eigenvalue weighted by molar-refractivity contribution is -0.219. The fraction of sp³-hybridized carbons (Fsp3) is 0.520. The van der Waals surface area contributed by atoms with Crippen LogP contribution in [0.2, 0.25) is 0 Å². The van der Waals surface area contributed by atoms with Crippen LogP contribution in [0.1, 0.15) is 57.1 Å². The number of hydrogen-bond acceptors (Lipinski definition) is 8. The molecule has 1 N–H and O–H groups in total. The SMILES string of the molecule is Cn1ncc2c1[C@@]1(C)CN(c3nc(-n4ccc(OCC(C)(C)C(F)(F)F)n4)ccc3C(=O)NS2(=O)=O)C(C)(C)C1. The highest BCUT2D eigenvalue weighted by Crippen LogP contribution is 2.48. The van der Waals surface area contributed by atoms with Crippen molar-refractivity contribution in [1.29, 1.82) is 0 Å². The van der Waals surface area contributed by atoms with Crippen LogP contribution in [0.15, 0.2) is 35.5 Å². The van der Waals surface area contributed by atoms with E-state index in [2.05, 4.69) is 14.9 Å². The zero-order valence-corrected chi connectivity index (χ0v) is 23.7. The Morgan fingerprint density at radius 1 is 1.15 bits per heavy atom. The number of halogens is 3. The molecule has 2 bridgehead atoms. The average Bonchev–Trinajstić information content (AvgIpc) is 3.52. The Morgan fingerprint density at radius 3 is 2.52 bits per heavy atom. The second kappa shape index (κ2) is 8.69. The number of amides is 1. The molecule has 15 heteroatoms. The van der Waals surface area contributed by atoms with Gasteiger partial charge in [0.25, 0.3) is 15.9 Å². The fourth-order valence-corrected chi connectivity index (χ4v) is 6.80. The number of nitrogens with one attached hydrogen (secondary N) is 1. The summed E-state index contributed by atoms with van der Waals surface area (Å²) in [5, 5.41) is 8.40. The van der Waals surface area contributed by atoms with Crippen molar-refractivity contribution in [2.45, 2.75) is 63.1 Å². The Labute approximate surface area is 229 Å². The lowest BCUT2D eigenvalue weighted by Crippen LogP contribution is -2.42. The third kappa shape index (κ3) is 4.49. The molecule has 1 atom stereocenters. The van der Waals surface area contributed by atoms with Crippen LogP contribution in [0.25, 0.3) is 5.82 Å². The Morgan fingerprint density at radius 2 is 1.85 bits per heavy atom. The highest BCUT2D eigenvalue weighted by atomic mass is 32.2. The van der Waals surface area contributed by atoms with E-state index in [4.69, 9.17) is 9.72 Å². The van der Waals surface area contributed by atoms with Crippen molar-refractivity contribution in [1.82, 2.24) is 29.3 Å². The van der Waals surface area contributed by atoms with Crippen molar-refractivity contribution < 1.29 is 31.1 Å². The highest BCUT2D eigenvalue weighted by Gasteiger charge is 2.52. The molecule has 0 saturated carbocycles. The number of pyridine rings is 1. The maximum Gasteiger partial charge on any atom is 0.397 e. The van der Waals surface area contributed by atoms with E-state index in [1.54, 1.807) is 7.05 Å². The summed E-state index contributed by atoms with van der Waals surface area (Å²) >= 11 is 0. The Balaban J connectivity index is 1.56. The number of aromatic nitrogens is 5. The van der Waals surface area contributed by atoms with Crippen molar-refractivity contribution in [2.75, 3.05) is 18.1 Å². The summed E-state index contributed by atoms with van der Waals surface area (Å²) in [6.07, 6.45) is -1.18. The predicted molar refractivity (Wildman–Crippen MR) is 138 cm³/mol. The molecule has 2 aliphatic rings. The molecule has 1 saturated heterocycles. The van der Waals surface area contributed by atoms with E-state index in [1.165, 1.54) is 40.0 Å². The molecule has 216 valence electrons. The third-order valence-corrected chi connectivity index (χ3v) is 8.89. The molecule has 0 aromatic carbocycles. The van der Waals surface area contributed by atoms with Crippen molar-refractivity contribution in [3.8, 4) is 11.7 Å². The van der Waals surface area contributed by atoms with Crippen molar-refractivity contribution in [3.05, 3.63) is 41.9 Å². The molecule has 40 heavy (non-hydrogen) atoms. The molecule has 0 radical (unpaired) electrons. The number of aryl methyl sites for hydroxylation is 1. The van der Waals surface area contributed by atoms with Gasteiger partial charge in [0.1, 0.15) is 17.3 Å². The second-order valence-corrected chi connectivity index (χ2v) is 13.5. The van der Waals surface area contributed by atoms with E-state index < -0.39 is 45.1 Å². The molecule has 5 heterocycles. The van der Waals surface area contributed by atoms with Gasteiger partial charge in [0.05, 0.1) is 22.9 Å². The summed E-state index contributed by atoms with van der Waals surface area (Å²) in [5.41, 5.74) is -2.76. The van der Waals surface area contributed by atoms with Crippen LogP contribution >= 0.6 is 0 Å². The zero-order valence-electron chi connectivity index (χ0n) is 22.9. The van der Waals surface area contributed by atoms with Crippen LogP contribution in [0.4, 0.5) is 19.0 Å². The smallest absolute Gasteiger partial charge is 0.397 e. The Hall–Kier alpha value is -3.62. The minimum Gasteiger partial charge on any atom is -0.476 e. The van der Waals surface area contributed by atoms with Crippen LogP contribution in [0, 0.1) is 5.41 Å². The maximum absolute atomic E-state index is 13.3. The number of anilines is 1. The zero-order chi connectivity index (χ0) is 29.5. The first-order valence-electron chi connectivity index (χ1n) is 12.5. The highest BCUT2D eigenvalue weighted by molar-refractivity contribution is 7.90. The number of ether oxygens (including phenoxy) is 1. The maximum atomic E-state index is 13.3. The van der Waals surface area contributed by atoms with Crippen LogP contribution < -0.4 is 14.4 Å². The molecule has 1 fully saturated rings. The van der Waals surface area contributed by atoms with Crippen molar-refractivity contribution in [3.63, 3.8) is 0 Å². The summed E-state index contributed by atoms with van der Waals surface area (Å²) in [7, 11) is -2.58. The molecule has 0 aliphatic carbocycles. The molecule has 11 nitrogen and oxygen atoms in total. The number of carbonyl (C=O) groups is 1. The van der Waals surface area contributed by atoms with Gasteiger partial charge >= 0.3 is 6.18 Å². The normalized spacial score (nSPS) is 21.9. The summed E-state index contributed by atoms with van der Waals surface area (Å²) in [6, 6.07) is 4.35. The van der Waals surface area contributed by atoms with E-state index in [-0.39, 0.29) is 28.0 Å². The van der Waals surface area contributed by atoms with Gasteiger partial charge in [-0.25, -0.2) is 22.8 Å². The van der Waals surface area contributed by atoms with Gasteiger partial charge in [-0.15, -0.1) is 5.10 Å². The minimum atomic E-state index is -4.45. The van der Waals surface area contributed by atoms with E-state index in [0.29, 0.717) is 18.7 Å². The number of alkyl halides is 3. The lowest BCUT2D eigenvalue weighted by Gasteiger charge is -2.34. The molecule has 3 aromatic heterocycles. The van der Waals surface area contributed by atoms with Gasteiger partial charge in [0.2, 0.25) is 5.88 Å². The molecule has 0 unspecified atom stereocenters. The number of fused-ring (bicyclic) bond motifs is 6. The number of carbonyl (C=O) groups excluding carboxylic acids is 1. The minimum absolute atomic E-state index is 0.0270. The number of hydrogen-bond donors (Lipinski definition) is 1. The van der Waals surface area contributed by atoms with Gasteiger partial charge in [-0.1, -0.05) is 6.92 Å². The van der Waals surface area contributed by atoms with Crippen LogP contribution in [-0.2, 0) is 22.5 Å². The molecule has 3 aromatic rings. The fourth-order valence-electron chi connectivity index (χ4n) is 5.52. The molecule has 2 aliphatic heterocycles. The first-order chi connectivity index (χ1) is 18.3. The number of nitrogens with zero attached hydrogens (tertiary/aromatic N) is 6. The van der Waals surface area contributed by atoms with E-state index in [0.717, 1.165) is 13.8 Å². The standard InChI is InChI=1S/C25H30F3N7O4S/c1-22(2,25(26,27)28)14-39-18-9-10-35(31-18)17-8-7-15-20(30-17)34-13-24(5,12-23(34,3)4)19-16(11-29-33(19)6)40(37,38)32-21(15)36/h7-11H,12-14H2,1-6H3,(H,32,36)/t24-/m1/s1. The quantitative estimate of drug-likeness (QED) is 0.498. The summed E-state index contributed by atoms with van der Waals surface area (Å²) < 4.78 is 76.6. The summed E-state index contributed by atoms with van der Waals surface area (Å²) in [4.78, 5) is 19.9. The third-order valence-electron chi connectivity index (χ3n) is 7.56. The topological polar surface area (TPSA) is 124 Å². The Bertz CT molecular complexity index is 1610. The summed E-state index contributed by atoms with van der Waals surface area (Å²) in [5.74, 6) is -0.363. The van der Waals surface area contributed by atoms with Crippen LogP contribution in [0.5, 0.6) is 5.88 Å². The molecular formula is C25H30F3N7O4S. The van der Waals surface area contributed by atoms with Gasteiger partial charge in [0, 0.05) is 36.8 Å². The van der Waals surface area contributed by atoms with Gasteiger partial charge in [-0.2, -0.15) is 18.3 Å². The van der Waals surface area contributed by atoms with Gasteiger partial charge in [-0.3, -0.25) is 9.48 Å². The van der Waals surface area contributed by atoms with E-state index >= 15 is 0 Å². The molecule has 0 spiro atoms. The Kier molecular flexibility index (Phi) is 6.07. The molecule has 1 amide bonds. The largest absolute Gasteiger partial charge is 0.476 e. The predicted octanol–water partition coefficient (Wildman–Crippen LogP) is 3.35. The molecule has 5 rings (SSSR count). The van der Waals surface area contributed by atoms with Crippen molar-refractivity contribution >= 4 is 21.7 Å². The van der Waals surface area contributed by atoms with Gasteiger partial charge in [0.15, 0.2) is 5.82 Å². The average molecular weight is 582 g/mol. The van der Waals surface area contributed by atoms with E-state index in [9.17, 15) is 26.4 Å². The second-order valence-electron chi connectivity index (χ2n) is 11.9.